The van der Waals surface area contributed by atoms with Gasteiger partial charge in [-0.05, 0) is 12.8 Å². The van der Waals surface area contributed by atoms with Crippen molar-refractivity contribution in [2.75, 3.05) is 0 Å². The monoisotopic (exact) mass is 125 g/mol. The highest BCUT2D eigenvalue weighted by atomic mass is 16.3. The van der Waals surface area contributed by atoms with Crippen LogP contribution in [0.5, 0.6) is 0 Å². The lowest BCUT2D eigenvalue weighted by atomic mass is 9.60. The number of nitriles is 1. The summed E-state index contributed by atoms with van der Waals surface area (Å²) in [4.78, 5) is 0. The molecule has 50 valence electrons. The molecule has 1 rings (SSSR count). The number of hydrogen-bond acceptors (Lipinski definition) is 2. The molecule has 0 spiro atoms. The van der Waals surface area contributed by atoms with E-state index in [-0.39, 0.29) is 5.41 Å². The Morgan fingerprint density at radius 3 is 2.00 bits per heavy atom. The van der Waals surface area contributed by atoms with E-state index in [0.717, 1.165) is 6.42 Å². The molecule has 1 atom stereocenters. The molecule has 0 aromatic heterocycles. The third-order valence-electron chi connectivity index (χ3n) is 2.42. The van der Waals surface area contributed by atoms with Crippen molar-refractivity contribution in [3.8, 4) is 6.07 Å². The summed E-state index contributed by atoms with van der Waals surface area (Å²) in [7, 11) is 0. The smallest absolute Gasteiger partial charge is 0.156 e. The van der Waals surface area contributed by atoms with Crippen molar-refractivity contribution in [1.82, 2.24) is 0 Å². The van der Waals surface area contributed by atoms with E-state index < -0.39 is 5.60 Å². The first-order chi connectivity index (χ1) is 4.02. The van der Waals surface area contributed by atoms with Gasteiger partial charge in [-0.2, -0.15) is 5.26 Å². The van der Waals surface area contributed by atoms with Crippen LogP contribution in [0.4, 0.5) is 0 Å². The Balaban J connectivity index is 2.77. The van der Waals surface area contributed by atoms with E-state index in [1.54, 1.807) is 0 Å². The van der Waals surface area contributed by atoms with Gasteiger partial charge in [0.25, 0.3) is 0 Å². The maximum Gasteiger partial charge on any atom is 0.156 e. The number of aliphatic hydroxyl groups is 1. The summed E-state index contributed by atoms with van der Waals surface area (Å²) in [6, 6.07) is 1.92. The molecule has 1 N–H and O–H groups in total. The Labute approximate surface area is 55.1 Å². The van der Waals surface area contributed by atoms with E-state index in [1.165, 1.54) is 0 Å². The van der Waals surface area contributed by atoms with Crippen molar-refractivity contribution < 1.29 is 5.11 Å². The first kappa shape index (κ1) is 6.57. The highest BCUT2D eigenvalue weighted by Crippen LogP contribution is 2.48. The van der Waals surface area contributed by atoms with E-state index in [9.17, 15) is 5.11 Å². The summed E-state index contributed by atoms with van der Waals surface area (Å²) in [5, 5.41) is 17.9. The Kier molecular flexibility index (Phi) is 1.08. The van der Waals surface area contributed by atoms with Crippen LogP contribution in [0.2, 0.25) is 0 Å². The molecule has 0 saturated heterocycles. The molecule has 0 amide bonds. The predicted octanol–water partition coefficient (Wildman–Crippen LogP) is 1.06. The first-order valence-electron chi connectivity index (χ1n) is 3.15. The van der Waals surface area contributed by atoms with Gasteiger partial charge < -0.3 is 5.11 Å². The Morgan fingerprint density at radius 2 is 2.00 bits per heavy atom. The second-order valence-electron chi connectivity index (χ2n) is 3.36. The molecule has 0 aliphatic heterocycles. The number of rotatable bonds is 0. The van der Waals surface area contributed by atoms with E-state index >= 15 is 0 Å². The van der Waals surface area contributed by atoms with Gasteiger partial charge in [-0.15, -0.1) is 0 Å². The second-order valence-corrected chi connectivity index (χ2v) is 3.36. The van der Waals surface area contributed by atoms with Crippen molar-refractivity contribution in [1.29, 1.82) is 5.26 Å². The molecule has 0 heterocycles. The molecule has 0 aromatic carbocycles. The molecule has 0 aromatic rings. The molecule has 1 aliphatic carbocycles. The molecule has 1 unspecified atom stereocenters. The summed E-state index contributed by atoms with van der Waals surface area (Å²) in [5.74, 6) is 0. The minimum absolute atomic E-state index is 0.179. The summed E-state index contributed by atoms with van der Waals surface area (Å²) < 4.78 is 0. The highest BCUT2D eigenvalue weighted by molar-refractivity contribution is 5.16. The highest BCUT2D eigenvalue weighted by Gasteiger charge is 2.52. The average Bonchev–Trinajstić information content (AvgIpc) is 1.84. The lowest BCUT2D eigenvalue weighted by molar-refractivity contribution is -0.102. The van der Waals surface area contributed by atoms with Crippen molar-refractivity contribution in [3.63, 3.8) is 0 Å². The van der Waals surface area contributed by atoms with Crippen LogP contribution in [0.3, 0.4) is 0 Å². The molecule has 9 heavy (non-hydrogen) atoms. The fraction of sp³-hybridized carbons (Fsp3) is 0.857. The molecule has 2 heteroatoms. The average molecular weight is 125 g/mol. The van der Waals surface area contributed by atoms with Gasteiger partial charge in [-0.1, -0.05) is 13.8 Å². The van der Waals surface area contributed by atoms with Gasteiger partial charge in [0.1, 0.15) is 0 Å². The Bertz CT molecular complexity index is 168. The van der Waals surface area contributed by atoms with Crippen LogP contribution in [0.15, 0.2) is 0 Å². The lowest BCUT2D eigenvalue weighted by Gasteiger charge is -2.47. The maximum absolute atomic E-state index is 9.39. The molecule has 0 radical (unpaired) electrons. The normalized spacial score (nSPS) is 38.9. The molecular formula is C7H11NO. The number of hydrogen-bond donors (Lipinski definition) is 1. The van der Waals surface area contributed by atoms with Crippen LogP contribution in [0.1, 0.15) is 26.7 Å². The van der Waals surface area contributed by atoms with Crippen LogP contribution in [-0.4, -0.2) is 10.7 Å². The van der Waals surface area contributed by atoms with Gasteiger partial charge in [-0.3, -0.25) is 0 Å². The van der Waals surface area contributed by atoms with Gasteiger partial charge in [-0.25, -0.2) is 0 Å². The lowest BCUT2D eigenvalue weighted by Crippen LogP contribution is -2.52. The summed E-state index contributed by atoms with van der Waals surface area (Å²) in [6.45, 7) is 3.83. The van der Waals surface area contributed by atoms with Gasteiger partial charge in [0.05, 0.1) is 6.07 Å². The molecule has 1 fully saturated rings. The van der Waals surface area contributed by atoms with Crippen LogP contribution >= 0.6 is 0 Å². The van der Waals surface area contributed by atoms with E-state index in [0.29, 0.717) is 6.42 Å². The Morgan fingerprint density at radius 1 is 1.44 bits per heavy atom. The quantitative estimate of drug-likeness (QED) is 0.492. The predicted molar refractivity (Wildman–Crippen MR) is 33.6 cm³/mol. The van der Waals surface area contributed by atoms with E-state index in [4.69, 9.17) is 5.26 Å². The number of nitrogens with zero attached hydrogens (tertiary/aromatic N) is 1. The third-order valence-corrected chi connectivity index (χ3v) is 2.42. The zero-order valence-corrected chi connectivity index (χ0v) is 5.81. The summed E-state index contributed by atoms with van der Waals surface area (Å²) in [6.07, 6.45) is 1.59. The molecule has 2 nitrogen and oxygen atoms in total. The van der Waals surface area contributed by atoms with Crippen molar-refractivity contribution in [3.05, 3.63) is 0 Å². The second kappa shape index (κ2) is 1.48. The first-order valence-corrected chi connectivity index (χ1v) is 3.15. The minimum Gasteiger partial charge on any atom is -0.375 e. The molecule has 0 bridgehead atoms. The zero-order valence-electron chi connectivity index (χ0n) is 5.81. The van der Waals surface area contributed by atoms with Crippen LogP contribution < -0.4 is 0 Å². The van der Waals surface area contributed by atoms with Crippen LogP contribution in [0.25, 0.3) is 0 Å². The Hall–Kier alpha value is -0.550. The largest absolute Gasteiger partial charge is 0.375 e. The van der Waals surface area contributed by atoms with Gasteiger partial charge in [0.2, 0.25) is 0 Å². The van der Waals surface area contributed by atoms with Crippen LogP contribution in [-0.2, 0) is 0 Å². The van der Waals surface area contributed by atoms with Gasteiger partial charge in [0.15, 0.2) is 5.60 Å². The van der Waals surface area contributed by atoms with Gasteiger partial charge in [0, 0.05) is 5.41 Å². The fourth-order valence-corrected chi connectivity index (χ4v) is 1.07. The van der Waals surface area contributed by atoms with E-state index in [1.807, 2.05) is 19.9 Å². The standard InChI is InChI=1S/C7H11NO/c1-6(2)3-4-7(6,9)5-8/h9H,3-4H2,1-2H3. The maximum atomic E-state index is 9.39. The van der Waals surface area contributed by atoms with Crippen molar-refractivity contribution in [2.45, 2.75) is 32.3 Å². The fourth-order valence-electron chi connectivity index (χ4n) is 1.07. The zero-order chi connectivity index (χ0) is 7.12. The molecule has 1 aliphatic rings. The topological polar surface area (TPSA) is 44.0 Å². The summed E-state index contributed by atoms with van der Waals surface area (Å²) in [5.41, 5.74) is -1.21. The van der Waals surface area contributed by atoms with Crippen molar-refractivity contribution >= 4 is 0 Å². The molecular weight excluding hydrogens is 114 g/mol. The van der Waals surface area contributed by atoms with E-state index in [2.05, 4.69) is 0 Å². The molecule has 1 saturated carbocycles. The van der Waals surface area contributed by atoms with Gasteiger partial charge >= 0.3 is 0 Å². The van der Waals surface area contributed by atoms with Crippen molar-refractivity contribution in [2.24, 2.45) is 5.41 Å². The third kappa shape index (κ3) is 0.650. The van der Waals surface area contributed by atoms with Crippen LogP contribution in [0, 0.1) is 16.7 Å². The summed E-state index contributed by atoms with van der Waals surface area (Å²) >= 11 is 0. The minimum atomic E-state index is -1.03. The SMILES string of the molecule is CC1(C)CCC1(O)C#N.